The Kier molecular flexibility index (Phi) is 2.41. The van der Waals surface area contributed by atoms with E-state index in [1.54, 1.807) is 0 Å². The zero-order valence-electron chi connectivity index (χ0n) is 7.86. The number of hydrogen-bond donors (Lipinski definition) is 1. The molecule has 14 heavy (non-hydrogen) atoms. The number of carbonyl (C=O) groups excluding carboxylic acids is 1. The lowest BCUT2D eigenvalue weighted by Gasteiger charge is -2.06. The molecule has 0 aromatic carbocycles. The van der Waals surface area contributed by atoms with Gasteiger partial charge in [-0.25, -0.2) is 9.97 Å². The van der Waals surface area contributed by atoms with Crippen molar-refractivity contribution in [3.8, 4) is 0 Å². The molecule has 1 aromatic heterocycles. The second-order valence-corrected chi connectivity index (χ2v) is 4.06. The van der Waals surface area contributed by atoms with E-state index in [1.165, 1.54) is 11.8 Å². The summed E-state index contributed by atoms with van der Waals surface area (Å²) in [5, 5.41) is 0.648. The number of carbonyl (C=O) groups is 1. The van der Waals surface area contributed by atoms with Crippen molar-refractivity contribution < 1.29 is 4.79 Å². The van der Waals surface area contributed by atoms with Crippen molar-refractivity contribution in [3.05, 3.63) is 11.3 Å². The van der Waals surface area contributed by atoms with Crippen LogP contribution in [0.2, 0.25) is 0 Å². The maximum atomic E-state index is 10.8. The van der Waals surface area contributed by atoms with Gasteiger partial charge in [0.15, 0.2) is 11.4 Å². The summed E-state index contributed by atoms with van der Waals surface area (Å²) in [6.45, 7) is 0. The molecule has 0 atom stereocenters. The van der Waals surface area contributed by atoms with Gasteiger partial charge >= 0.3 is 0 Å². The number of thioether (sulfide) groups is 1. The third-order valence-corrected chi connectivity index (χ3v) is 2.80. The maximum Gasteiger partial charge on any atom is 0.189 e. The Morgan fingerprint density at radius 1 is 1.50 bits per heavy atom. The van der Waals surface area contributed by atoms with Gasteiger partial charge in [-0.05, 0) is 19.1 Å². The number of nitrogens with two attached hydrogens (primary N) is 1. The van der Waals surface area contributed by atoms with Crippen molar-refractivity contribution in [2.24, 2.45) is 0 Å². The molecule has 1 saturated carbocycles. The van der Waals surface area contributed by atoms with E-state index in [4.69, 9.17) is 5.73 Å². The van der Waals surface area contributed by atoms with Crippen LogP contribution in [0.15, 0.2) is 5.16 Å². The van der Waals surface area contributed by atoms with E-state index in [0.29, 0.717) is 22.5 Å². The molecule has 0 amide bonds. The quantitative estimate of drug-likeness (QED) is 0.464. The summed E-state index contributed by atoms with van der Waals surface area (Å²) in [7, 11) is 0. The number of aldehydes is 1. The topological polar surface area (TPSA) is 68.9 Å². The minimum absolute atomic E-state index is 0.307. The first-order valence-corrected chi connectivity index (χ1v) is 5.65. The molecule has 0 saturated heterocycles. The number of rotatable bonds is 3. The summed E-state index contributed by atoms with van der Waals surface area (Å²) in [6, 6.07) is 0. The van der Waals surface area contributed by atoms with Crippen LogP contribution >= 0.6 is 11.8 Å². The highest BCUT2D eigenvalue weighted by atomic mass is 32.2. The highest BCUT2D eigenvalue weighted by molar-refractivity contribution is 7.98. The van der Waals surface area contributed by atoms with Crippen LogP contribution in [-0.4, -0.2) is 22.5 Å². The first-order valence-electron chi connectivity index (χ1n) is 4.43. The lowest BCUT2D eigenvalue weighted by Crippen LogP contribution is -2.05. The van der Waals surface area contributed by atoms with Crippen molar-refractivity contribution in [2.75, 3.05) is 12.0 Å². The van der Waals surface area contributed by atoms with Gasteiger partial charge in [0.25, 0.3) is 0 Å². The van der Waals surface area contributed by atoms with Crippen LogP contribution in [0.1, 0.15) is 34.8 Å². The molecule has 1 aliphatic carbocycles. The summed E-state index contributed by atoms with van der Waals surface area (Å²) in [5.41, 5.74) is 6.99. The van der Waals surface area contributed by atoms with Crippen LogP contribution in [0, 0.1) is 0 Å². The van der Waals surface area contributed by atoms with Gasteiger partial charge in [0.2, 0.25) is 0 Å². The molecular formula is C9H11N3OS. The molecule has 1 aromatic rings. The van der Waals surface area contributed by atoms with Gasteiger partial charge in [-0.3, -0.25) is 4.79 Å². The van der Waals surface area contributed by atoms with Gasteiger partial charge in [0, 0.05) is 5.92 Å². The molecule has 0 bridgehead atoms. The molecule has 1 aliphatic rings. The molecule has 0 radical (unpaired) electrons. The smallest absolute Gasteiger partial charge is 0.189 e. The predicted molar refractivity (Wildman–Crippen MR) is 55.6 cm³/mol. The summed E-state index contributed by atoms with van der Waals surface area (Å²) in [4.78, 5) is 19.2. The Morgan fingerprint density at radius 2 is 2.21 bits per heavy atom. The van der Waals surface area contributed by atoms with Gasteiger partial charge in [0.1, 0.15) is 5.82 Å². The lowest BCUT2D eigenvalue weighted by molar-refractivity contribution is 0.112. The van der Waals surface area contributed by atoms with Crippen LogP contribution < -0.4 is 5.73 Å². The monoisotopic (exact) mass is 209 g/mol. The second-order valence-electron chi connectivity index (χ2n) is 3.29. The SMILES string of the molecule is CSc1nc(N)c(C=O)c(C2CC2)n1. The zero-order valence-corrected chi connectivity index (χ0v) is 8.67. The summed E-state index contributed by atoms with van der Waals surface area (Å²) >= 11 is 1.44. The Morgan fingerprint density at radius 3 is 2.71 bits per heavy atom. The van der Waals surface area contributed by atoms with Crippen LogP contribution in [0.4, 0.5) is 5.82 Å². The second kappa shape index (κ2) is 3.57. The van der Waals surface area contributed by atoms with Gasteiger partial charge < -0.3 is 5.73 Å². The molecule has 74 valence electrons. The van der Waals surface area contributed by atoms with Gasteiger partial charge in [-0.1, -0.05) is 11.8 Å². The van der Waals surface area contributed by atoms with Crippen LogP contribution in [0.3, 0.4) is 0 Å². The number of hydrogen-bond acceptors (Lipinski definition) is 5. The van der Waals surface area contributed by atoms with Crippen LogP contribution in [0.25, 0.3) is 0 Å². The number of aromatic nitrogens is 2. The summed E-state index contributed by atoms with van der Waals surface area (Å²) in [5.74, 6) is 0.729. The van der Waals surface area contributed by atoms with Crippen molar-refractivity contribution in [2.45, 2.75) is 23.9 Å². The molecule has 1 fully saturated rings. The molecule has 2 rings (SSSR count). The van der Waals surface area contributed by atoms with E-state index in [2.05, 4.69) is 9.97 Å². The fourth-order valence-corrected chi connectivity index (χ4v) is 1.74. The molecule has 0 aliphatic heterocycles. The van der Waals surface area contributed by atoms with E-state index >= 15 is 0 Å². The minimum atomic E-state index is 0.307. The average Bonchev–Trinajstić information content (AvgIpc) is 2.99. The molecule has 0 unspecified atom stereocenters. The Labute approximate surface area is 86.3 Å². The average molecular weight is 209 g/mol. The molecule has 4 nitrogen and oxygen atoms in total. The molecule has 1 heterocycles. The van der Waals surface area contributed by atoms with Crippen LogP contribution in [0.5, 0.6) is 0 Å². The van der Waals surface area contributed by atoms with Crippen molar-refractivity contribution in [1.29, 1.82) is 0 Å². The lowest BCUT2D eigenvalue weighted by atomic mass is 10.1. The predicted octanol–water partition coefficient (Wildman–Crippen LogP) is 1.47. The highest BCUT2D eigenvalue weighted by Crippen LogP contribution is 2.41. The van der Waals surface area contributed by atoms with E-state index in [-0.39, 0.29) is 0 Å². The molecule has 5 heteroatoms. The highest BCUT2D eigenvalue weighted by Gasteiger charge is 2.29. The Bertz CT molecular complexity index is 377. The fraction of sp³-hybridized carbons (Fsp3) is 0.444. The van der Waals surface area contributed by atoms with Crippen molar-refractivity contribution in [1.82, 2.24) is 9.97 Å². The van der Waals surface area contributed by atoms with E-state index in [9.17, 15) is 4.79 Å². The van der Waals surface area contributed by atoms with Crippen LogP contribution in [-0.2, 0) is 0 Å². The number of nitrogen functional groups attached to an aromatic ring is 1. The van der Waals surface area contributed by atoms with Crippen molar-refractivity contribution in [3.63, 3.8) is 0 Å². The van der Waals surface area contributed by atoms with E-state index in [0.717, 1.165) is 24.8 Å². The standard InChI is InChI=1S/C9H11N3OS/c1-14-9-11-7(5-2-3-5)6(4-13)8(10)12-9/h4-5H,2-3H2,1H3,(H2,10,11,12). The van der Waals surface area contributed by atoms with Gasteiger partial charge in [-0.15, -0.1) is 0 Å². The summed E-state index contributed by atoms with van der Waals surface area (Å²) < 4.78 is 0. The largest absolute Gasteiger partial charge is 0.383 e. The van der Waals surface area contributed by atoms with E-state index in [1.807, 2.05) is 6.26 Å². The zero-order chi connectivity index (χ0) is 10.1. The number of anilines is 1. The molecular weight excluding hydrogens is 198 g/mol. The Hall–Kier alpha value is -1.10. The third-order valence-electron chi connectivity index (χ3n) is 2.25. The number of nitrogens with zero attached hydrogens (tertiary/aromatic N) is 2. The van der Waals surface area contributed by atoms with E-state index < -0.39 is 0 Å². The summed E-state index contributed by atoms with van der Waals surface area (Å²) in [6.07, 6.45) is 4.86. The molecule has 0 spiro atoms. The van der Waals surface area contributed by atoms with Gasteiger partial charge in [-0.2, -0.15) is 0 Å². The van der Waals surface area contributed by atoms with Gasteiger partial charge in [0.05, 0.1) is 11.3 Å². The fourth-order valence-electron chi connectivity index (χ4n) is 1.36. The maximum absolute atomic E-state index is 10.8. The van der Waals surface area contributed by atoms with Crippen molar-refractivity contribution >= 4 is 23.9 Å². The Balaban J connectivity index is 2.52. The molecule has 2 N–H and O–H groups in total. The normalized spacial score (nSPS) is 15.5. The third kappa shape index (κ3) is 1.59. The first kappa shape index (κ1) is 9.45. The first-order chi connectivity index (χ1) is 6.76. The minimum Gasteiger partial charge on any atom is -0.383 e.